The second kappa shape index (κ2) is 8.86. The summed E-state index contributed by atoms with van der Waals surface area (Å²) in [5.41, 5.74) is -0.169. The second-order valence-electron chi connectivity index (χ2n) is 5.73. The average Bonchev–Trinajstić information content (AvgIpc) is 2.36. The van der Waals surface area contributed by atoms with E-state index in [4.69, 9.17) is 5.11 Å². The van der Waals surface area contributed by atoms with E-state index in [1.807, 2.05) is 13.8 Å². The number of nitrogens with one attached hydrogen (secondary N) is 2. The fraction of sp³-hybridized carbons (Fsp3) is 0.846. The van der Waals surface area contributed by atoms with Crippen LogP contribution in [0.15, 0.2) is 0 Å². The lowest BCUT2D eigenvalue weighted by molar-refractivity contribution is -0.137. The van der Waals surface area contributed by atoms with Gasteiger partial charge in [0.15, 0.2) is 9.84 Å². The van der Waals surface area contributed by atoms with E-state index in [1.165, 1.54) is 0 Å². The largest absolute Gasteiger partial charge is 0.481 e. The molecule has 3 N–H and O–H groups in total. The van der Waals surface area contributed by atoms with E-state index in [0.717, 1.165) is 0 Å². The molecule has 0 aliphatic heterocycles. The van der Waals surface area contributed by atoms with Gasteiger partial charge >= 0.3 is 12.0 Å². The molecule has 0 saturated carbocycles. The van der Waals surface area contributed by atoms with E-state index in [-0.39, 0.29) is 29.9 Å². The van der Waals surface area contributed by atoms with Crippen LogP contribution in [0.1, 0.15) is 40.0 Å². The van der Waals surface area contributed by atoms with Crippen LogP contribution in [0.4, 0.5) is 4.79 Å². The number of hydrogen-bond acceptors (Lipinski definition) is 4. The van der Waals surface area contributed by atoms with Gasteiger partial charge in [-0.25, -0.2) is 13.2 Å². The Bertz CT molecular complexity index is 445. The lowest BCUT2D eigenvalue weighted by atomic mass is 9.84. The number of carbonyl (C=O) groups excluding carboxylic acids is 1. The number of amides is 2. The number of sulfone groups is 1. The molecule has 0 rings (SSSR count). The number of rotatable bonds is 10. The molecule has 124 valence electrons. The number of carboxylic acid groups (broad SMARTS) is 1. The minimum Gasteiger partial charge on any atom is -0.481 e. The van der Waals surface area contributed by atoms with Gasteiger partial charge in [-0.1, -0.05) is 20.8 Å². The van der Waals surface area contributed by atoms with Gasteiger partial charge in [0.1, 0.15) is 0 Å². The molecule has 21 heavy (non-hydrogen) atoms. The van der Waals surface area contributed by atoms with E-state index in [0.29, 0.717) is 19.4 Å². The van der Waals surface area contributed by atoms with Crippen LogP contribution < -0.4 is 10.6 Å². The molecule has 0 atom stereocenters. The van der Waals surface area contributed by atoms with Gasteiger partial charge < -0.3 is 15.7 Å². The highest BCUT2D eigenvalue weighted by Gasteiger charge is 2.19. The minimum atomic E-state index is -3.07. The number of aliphatic carboxylic acids is 1. The number of carboxylic acids is 1. The SMILES string of the molecule is CCS(=O)(=O)CCNC(=O)NCCC(C)(C)CCC(=O)O. The molecule has 2 amide bonds. The van der Waals surface area contributed by atoms with Crippen LogP contribution in [0.5, 0.6) is 0 Å². The standard InChI is InChI=1S/C13H26N2O5S/c1-4-21(19,20)10-9-15-12(18)14-8-7-13(2,3)6-5-11(16)17/h4-10H2,1-3H3,(H,16,17)(H2,14,15,18). The van der Waals surface area contributed by atoms with Crippen LogP contribution in [-0.4, -0.2) is 50.1 Å². The van der Waals surface area contributed by atoms with Gasteiger partial charge in [-0.05, 0) is 18.3 Å². The Kier molecular flexibility index (Phi) is 8.31. The first-order chi connectivity index (χ1) is 9.58. The molecule has 0 aromatic rings. The van der Waals surface area contributed by atoms with Crippen LogP contribution in [0.2, 0.25) is 0 Å². The van der Waals surface area contributed by atoms with Crippen molar-refractivity contribution in [3.63, 3.8) is 0 Å². The molecule has 0 aliphatic rings. The van der Waals surface area contributed by atoms with Gasteiger partial charge in [0.05, 0.1) is 5.75 Å². The van der Waals surface area contributed by atoms with E-state index in [2.05, 4.69) is 10.6 Å². The average molecular weight is 322 g/mol. The first kappa shape index (κ1) is 19.7. The molecular weight excluding hydrogens is 296 g/mol. The first-order valence-corrected chi connectivity index (χ1v) is 8.84. The topological polar surface area (TPSA) is 113 Å². The maximum atomic E-state index is 11.5. The van der Waals surface area contributed by atoms with Crippen LogP contribution >= 0.6 is 0 Å². The van der Waals surface area contributed by atoms with Gasteiger partial charge in [0.25, 0.3) is 0 Å². The normalized spacial score (nSPS) is 12.0. The highest BCUT2D eigenvalue weighted by Crippen LogP contribution is 2.25. The summed E-state index contributed by atoms with van der Waals surface area (Å²) in [6.45, 7) is 5.96. The smallest absolute Gasteiger partial charge is 0.314 e. The van der Waals surface area contributed by atoms with Crippen molar-refractivity contribution in [3.8, 4) is 0 Å². The summed E-state index contributed by atoms with van der Waals surface area (Å²) in [6, 6.07) is -0.407. The summed E-state index contributed by atoms with van der Waals surface area (Å²) in [7, 11) is -3.07. The molecule has 0 bridgehead atoms. The van der Waals surface area contributed by atoms with Crippen LogP contribution in [0.3, 0.4) is 0 Å². The Morgan fingerprint density at radius 2 is 1.67 bits per heavy atom. The third kappa shape index (κ3) is 11.1. The molecule has 7 nitrogen and oxygen atoms in total. The molecular formula is C13H26N2O5S. The van der Waals surface area contributed by atoms with Gasteiger partial charge in [-0.3, -0.25) is 4.79 Å². The van der Waals surface area contributed by atoms with Crippen LogP contribution in [0.25, 0.3) is 0 Å². The van der Waals surface area contributed by atoms with Crippen molar-refractivity contribution in [2.24, 2.45) is 5.41 Å². The zero-order valence-electron chi connectivity index (χ0n) is 12.9. The summed E-state index contributed by atoms with van der Waals surface area (Å²) < 4.78 is 22.5. The molecule has 0 saturated heterocycles. The molecule has 8 heteroatoms. The molecule has 0 unspecified atom stereocenters. The highest BCUT2D eigenvalue weighted by molar-refractivity contribution is 7.91. The third-order valence-corrected chi connectivity index (χ3v) is 4.95. The Hall–Kier alpha value is -1.31. The van der Waals surface area contributed by atoms with Gasteiger partial charge in [0.2, 0.25) is 0 Å². The van der Waals surface area contributed by atoms with E-state index in [1.54, 1.807) is 6.92 Å². The first-order valence-electron chi connectivity index (χ1n) is 7.02. The summed E-state index contributed by atoms with van der Waals surface area (Å²) in [6.07, 6.45) is 1.30. The van der Waals surface area contributed by atoms with Crippen molar-refractivity contribution in [1.29, 1.82) is 0 Å². The predicted octanol–water partition coefficient (Wildman–Crippen LogP) is 1.00. The predicted molar refractivity (Wildman–Crippen MR) is 81.0 cm³/mol. The third-order valence-electron chi connectivity index (χ3n) is 3.24. The van der Waals surface area contributed by atoms with Gasteiger partial charge in [0, 0.05) is 25.3 Å². The van der Waals surface area contributed by atoms with Crippen molar-refractivity contribution < 1.29 is 23.1 Å². The van der Waals surface area contributed by atoms with E-state index < -0.39 is 21.8 Å². The highest BCUT2D eigenvalue weighted by atomic mass is 32.2. The zero-order chi connectivity index (χ0) is 16.5. The molecule has 0 spiro atoms. The Morgan fingerprint density at radius 1 is 1.10 bits per heavy atom. The fourth-order valence-electron chi connectivity index (χ4n) is 1.61. The Balaban J connectivity index is 3.86. The summed E-state index contributed by atoms with van der Waals surface area (Å²) in [5, 5.41) is 13.8. The lowest BCUT2D eigenvalue weighted by Crippen LogP contribution is -2.39. The number of urea groups is 1. The van der Waals surface area contributed by atoms with E-state index in [9.17, 15) is 18.0 Å². The van der Waals surface area contributed by atoms with Crippen molar-refractivity contribution in [1.82, 2.24) is 10.6 Å². The van der Waals surface area contributed by atoms with Crippen molar-refractivity contribution in [2.45, 2.75) is 40.0 Å². The van der Waals surface area contributed by atoms with Gasteiger partial charge in [-0.2, -0.15) is 0 Å². The Labute approximate surface area is 126 Å². The zero-order valence-corrected chi connectivity index (χ0v) is 13.8. The van der Waals surface area contributed by atoms with Crippen LogP contribution in [-0.2, 0) is 14.6 Å². The number of carbonyl (C=O) groups is 2. The summed E-state index contributed by atoms with van der Waals surface area (Å²) in [5.74, 6) is -0.833. The van der Waals surface area contributed by atoms with E-state index >= 15 is 0 Å². The van der Waals surface area contributed by atoms with Crippen molar-refractivity contribution >= 4 is 21.8 Å². The second-order valence-corrected chi connectivity index (χ2v) is 8.20. The summed E-state index contributed by atoms with van der Waals surface area (Å²) in [4.78, 5) is 22.0. The molecule has 0 fully saturated rings. The molecule has 0 aromatic carbocycles. The monoisotopic (exact) mass is 322 g/mol. The molecule has 0 aliphatic carbocycles. The maximum Gasteiger partial charge on any atom is 0.314 e. The minimum absolute atomic E-state index is 0.0636. The quantitative estimate of drug-likeness (QED) is 0.555. The van der Waals surface area contributed by atoms with Crippen LogP contribution in [0, 0.1) is 5.41 Å². The molecule has 0 radical (unpaired) electrons. The summed E-state index contributed by atoms with van der Waals surface area (Å²) >= 11 is 0. The molecule has 0 aromatic heterocycles. The Morgan fingerprint density at radius 3 is 2.19 bits per heavy atom. The molecule has 0 heterocycles. The lowest BCUT2D eigenvalue weighted by Gasteiger charge is -2.23. The maximum absolute atomic E-state index is 11.5. The van der Waals surface area contributed by atoms with Gasteiger partial charge in [-0.15, -0.1) is 0 Å². The van der Waals surface area contributed by atoms with Crippen molar-refractivity contribution in [2.75, 3.05) is 24.6 Å². The number of hydrogen-bond donors (Lipinski definition) is 3. The fourth-order valence-corrected chi connectivity index (χ4v) is 2.31. The van der Waals surface area contributed by atoms with Crippen molar-refractivity contribution in [3.05, 3.63) is 0 Å².